The van der Waals surface area contributed by atoms with Crippen LogP contribution in [0.4, 0.5) is 8.78 Å². The molecule has 19 heavy (non-hydrogen) atoms. The van der Waals surface area contributed by atoms with E-state index < -0.39 is 17.2 Å². The number of halogens is 2. The maximum absolute atomic E-state index is 14.0. The fourth-order valence-corrected chi connectivity index (χ4v) is 3.57. The van der Waals surface area contributed by atoms with Crippen molar-refractivity contribution in [3.8, 4) is 0 Å². The second-order valence-electron chi connectivity index (χ2n) is 6.26. The van der Waals surface area contributed by atoms with Crippen LogP contribution in [-0.4, -0.2) is 5.11 Å². The third-order valence-electron chi connectivity index (χ3n) is 4.44. The molecule has 1 fully saturated rings. The van der Waals surface area contributed by atoms with Crippen LogP contribution < -0.4 is 0 Å². The van der Waals surface area contributed by atoms with Crippen LogP contribution in [0.1, 0.15) is 45.6 Å². The first kappa shape index (κ1) is 14.4. The van der Waals surface area contributed by atoms with E-state index in [0.29, 0.717) is 6.42 Å². The molecule has 1 aliphatic rings. The zero-order chi connectivity index (χ0) is 14.2. The lowest BCUT2D eigenvalue weighted by atomic mass is 9.64. The Morgan fingerprint density at radius 1 is 1.21 bits per heavy atom. The summed E-state index contributed by atoms with van der Waals surface area (Å²) >= 11 is 0. The second-order valence-corrected chi connectivity index (χ2v) is 6.26. The van der Waals surface area contributed by atoms with Crippen LogP contribution in [0.3, 0.4) is 0 Å². The van der Waals surface area contributed by atoms with Gasteiger partial charge in [-0.05, 0) is 42.7 Å². The molecular weight excluding hydrogens is 246 g/mol. The molecule has 1 saturated carbocycles. The van der Waals surface area contributed by atoms with Gasteiger partial charge in [0.25, 0.3) is 0 Å². The summed E-state index contributed by atoms with van der Waals surface area (Å²) in [7, 11) is 0. The van der Waals surface area contributed by atoms with Gasteiger partial charge in [-0.25, -0.2) is 8.78 Å². The Morgan fingerprint density at radius 2 is 1.79 bits per heavy atom. The lowest BCUT2D eigenvalue weighted by Gasteiger charge is -2.45. The highest BCUT2D eigenvalue weighted by molar-refractivity contribution is 5.28. The zero-order valence-electron chi connectivity index (χ0n) is 11.8. The van der Waals surface area contributed by atoms with Gasteiger partial charge >= 0.3 is 0 Å². The number of hydrogen-bond acceptors (Lipinski definition) is 1. The molecular formula is C16H22F2O. The highest BCUT2D eigenvalue weighted by Crippen LogP contribution is 2.48. The van der Waals surface area contributed by atoms with Crippen molar-refractivity contribution in [3.63, 3.8) is 0 Å². The molecule has 1 aromatic rings. The summed E-state index contributed by atoms with van der Waals surface area (Å²) in [5, 5.41) is 11.0. The minimum Gasteiger partial charge on any atom is -0.385 e. The van der Waals surface area contributed by atoms with E-state index >= 15 is 0 Å². The molecule has 3 unspecified atom stereocenters. The fourth-order valence-electron chi connectivity index (χ4n) is 3.57. The van der Waals surface area contributed by atoms with E-state index in [0.717, 1.165) is 12.8 Å². The zero-order valence-corrected chi connectivity index (χ0v) is 11.8. The van der Waals surface area contributed by atoms with Crippen LogP contribution in [0.5, 0.6) is 0 Å². The topological polar surface area (TPSA) is 20.2 Å². The summed E-state index contributed by atoms with van der Waals surface area (Å²) in [6.45, 7) is 6.04. The van der Waals surface area contributed by atoms with Gasteiger partial charge in [-0.1, -0.05) is 33.3 Å². The standard InChI is InChI=1S/C16H22F2O/c1-10(2)12-8-7-11(3)9-16(12,19)15-13(17)5-4-6-14(15)18/h4-6,10-12,19H,7-9H2,1-3H3. The van der Waals surface area contributed by atoms with E-state index in [1.54, 1.807) is 0 Å². The molecule has 2 rings (SSSR count). The van der Waals surface area contributed by atoms with E-state index in [9.17, 15) is 13.9 Å². The first-order valence-electron chi connectivity index (χ1n) is 7.03. The van der Waals surface area contributed by atoms with Gasteiger partial charge in [0.15, 0.2) is 0 Å². The fraction of sp³-hybridized carbons (Fsp3) is 0.625. The van der Waals surface area contributed by atoms with Crippen molar-refractivity contribution in [2.75, 3.05) is 0 Å². The van der Waals surface area contributed by atoms with Crippen molar-refractivity contribution in [1.29, 1.82) is 0 Å². The molecule has 0 aromatic heterocycles. The lowest BCUT2D eigenvalue weighted by Crippen LogP contribution is -2.44. The van der Waals surface area contributed by atoms with E-state index in [1.807, 2.05) is 20.8 Å². The predicted octanol–water partition coefficient (Wildman–Crippen LogP) is 4.24. The Balaban J connectivity index is 2.53. The maximum atomic E-state index is 14.0. The van der Waals surface area contributed by atoms with Crippen molar-refractivity contribution in [1.82, 2.24) is 0 Å². The third-order valence-corrected chi connectivity index (χ3v) is 4.44. The number of aliphatic hydroxyl groups is 1. The largest absolute Gasteiger partial charge is 0.385 e. The van der Waals surface area contributed by atoms with E-state index in [4.69, 9.17) is 0 Å². The number of benzene rings is 1. The molecule has 0 spiro atoms. The normalized spacial score (nSPS) is 31.7. The molecule has 1 nitrogen and oxygen atoms in total. The van der Waals surface area contributed by atoms with Gasteiger partial charge in [-0.2, -0.15) is 0 Å². The maximum Gasteiger partial charge on any atom is 0.132 e. The van der Waals surface area contributed by atoms with E-state index in [-0.39, 0.29) is 23.3 Å². The average Bonchev–Trinajstić information content (AvgIpc) is 2.27. The Bertz CT molecular complexity index is 438. The average molecular weight is 268 g/mol. The SMILES string of the molecule is CC1CCC(C(C)C)C(O)(c2c(F)cccc2F)C1. The molecule has 0 heterocycles. The first-order valence-corrected chi connectivity index (χ1v) is 7.03. The molecule has 1 aliphatic carbocycles. The summed E-state index contributed by atoms with van der Waals surface area (Å²) in [5.74, 6) is -0.907. The lowest BCUT2D eigenvalue weighted by molar-refractivity contribution is -0.0911. The molecule has 0 amide bonds. The molecule has 0 bridgehead atoms. The Hall–Kier alpha value is -0.960. The monoisotopic (exact) mass is 268 g/mol. The highest BCUT2D eigenvalue weighted by Gasteiger charge is 2.46. The summed E-state index contributed by atoms with van der Waals surface area (Å²) < 4.78 is 28.1. The van der Waals surface area contributed by atoms with Gasteiger partial charge in [-0.3, -0.25) is 0 Å². The highest BCUT2D eigenvalue weighted by atomic mass is 19.1. The number of hydrogen-bond donors (Lipinski definition) is 1. The van der Waals surface area contributed by atoms with Gasteiger partial charge in [0.1, 0.15) is 11.6 Å². The van der Waals surface area contributed by atoms with Crippen molar-refractivity contribution in [3.05, 3.63) is 35.4 Å². The quantitative estimate of drug-likeness (QED) is 0.850. The molecule has 1 aromatic carbocycles. The van der Waals surface area contributed by atoms with Crippen molar-refractivity contribution in [2.24, 2.45) is 17.8 Å². The molecule has 0 saturated heterocycles. The number of rotatable bonds is 2. The molecule has 0 aliphatic heterocycles. The van der Waals surface area contributed by atoms with Crippen LogP contribution in [0.15, 0.2) is 18.2 Å². The van der Waals surface area contributed by atoms with Crippen molar-refractivity contribution in [2.45, 2.75) is 45.6 Å². The summed E-state index contributed by atoms with van der Waals surface area (Å²) in [6, 6.07) is 3.80. The van der Waals surface area contributed by atoms with Crippen LogP contribution in [-0.2, 0) is 5.60 Å². The van der Waals surface area contributed by atoms with Gasteiger partial charge in [0.2, 0.25) is 0 Å². The van der Waals surface area contributed by atoms with Crippen molar-refractivity contribution >= 4 is 0 Å². The Morgan fingerprint density at radius 3 is 2.32 bits per heavy atom. The third kappa shape index (κ3) is 2.53. The van der Waals surface area contributed by atoms with Crippen LogP contribution >= 0.6 is 0 Å². The molecule has 0 radical (unpaired) electrons. The van der Waals surface area contributed by atoms with Crippen LogP contribution in [0, 0.1) is 29.4 Å². The molecule has 106 valence electrons. The van der Waals surface area contributed by atoms with E-state index in [2.05, 4.69) is 0 Å². The van der Waals surface area contributed by atoms with E-state index in [1.165, 1.54) is 18.2 Å². The minimum absolute atomic E-state index is 0.102. The van der Waals surface area contributed by atoms with Gasteiger partial charge in [0, 0.05) is 0 Å². The van der Waals surface area contributed by atoms with Gasteiger partial charge in [0.05, 0.1) is 11.2 Å². The van der Waals surface area contributed by atoms with Crippen LogP contribution in [0.25, 0.3) is 0 Å². The van der Waals surface area contributed by atoms with Gasteiger partial charge < -0.3 is 5.11 Å². The molecule has 3 atom stereocenters. The van der Waals surface area contributed by atoms with Crippen molar-refractivity contribution < 1.29 is 13.9 Å². The predicted molar refractivity (Wildman–Crippen MR) is 71.6 cm³/mol. The second kappa shape index (κ2) is 5.20. The Kier molecular flexibility index (Phi) is 3.95. The first-order chi connectivity index (χ1) is 8.86. The molecule has 1 N–H and O–H groups in total. The van der Waals surface area contributed by atoms with Crippen LogP contribution in [0.2, 0.25) is 0 Å². The molecule has 3 heteroatoms. The summed E-state index contributed by atoms with van der Waals surface area (Å²) in [5.41, 5.74) is -1.53. The smallest absolute Gasteiger partial charge is 0.132 e. The minimum atomic E-state index is -1.39. The Labute approximate surface area is 113 Å². The summed E-state index contributed by atoms with van der Waals surface area (Å²) in [4.78, 5) is 0. The summed E-state index contributed by atoms with van der Waals surface area (Å²) in [6.07, 6.45) is 2.23. The van der Waals surface area contributed by atoms with Gasteiger partial charge in [-0.15, -0.1) is 0 Å².